The topological polar surface area (TPSA) is 37.3 Å². The van der Waals surface area contributed by atoms with E-state index < -0.39 is 5.97 Å². The van der Waals surface area contributed by atoms with Gasteiger partial charge in [0.1, 0.15) is 0 Å². The highest BCUT2D eigenvalue weighted by atomic mass is 32.2. The van der Waals surface area contributed by atoms with Crippen molar-refractivity contribution in [2.24, 2.45) is 0 Å². The van der Waals surface area contributed by atoms with Crippen molar-refractivity contribution in [1.29, 1.82) is 0 Å². The van der Waals surface area contributed by atoms with Gasteiger partial charge >= 0.3 is 5.97 Å². The van der Waals surface area contributed by atoms with Crippen LogP contribution in [0.1, 0.15) is 11.1 Å². The summed E-state index contributed by atoms with van der Waals surface area (Å²) in [6.07, 6.45) is 0. The van der Waals surface area contributed by atoms with E-state index in [0.29, 0.717) is 5.75 Å². The van der Waals surface area contributed by atoms with Crippen LogP contribution in [0.4, 0.5) is 0 Å². The molecule has 15 heavy (non-hydrogen) atoms. The Hall–Kier alpha value is -1.22. The molecular weight excluding hydrogens is 208 g/mol. The summed E-state index contributed by atoms with van der Waals surface area (Å²) in [4.78, 5) is 10.5. The van der Waals surface area contributed by atoms with Crippen LogP contribution in [0, 0.1) is 6.92 Å². The lowest BCUT2D eigenvalue weighted by atomic mass is 10.1. The minimum atomic E-state index is -0.910. The maximum Gasteiger partial charge on any atom is 0.331 e. The van der Waals surface area contributed by atoms with Crippen molar-refractivity contribution in [3.8, 4) is 0 Å². The van der Waals surface area contributed by atoms with Crippen molar-refractivity contribution in [1.82, 2.24) is 0 Å². The van der Waals surface area contributed by atoms with Gasteiger partial charge in [-0.3, -0.25) is 0 Å². The number of carbonyl (C=O) groups is 1. The van der Waals surface area contributed by atoms with E-state index in [1.165, 1.54) is 11.1 Å². The molecule has 0 saturated heterocycles. The van der Waals surface area contributed by atoms with Gasteiger partial charge in [0.2, 0.25) is 0 Å². The molecule has 1 aromatic carbocycles. The third-order valence-electron chi connectivity index (χ3n) is 2.10. The van der Waals surface area contributed by atoms with E-state index in [9.17, 15) is 4.79 Å². The van der Waals surface area contributed by atoms with E-state index in [1.54, 1.807) is 11.8 Å². The SMILES string of the molecule is C=C(CSCc1ccccc1C)C(=O)O. The highest BCUT2D eigenvalue weighted by molar-refractivity contribution is 7.98. The number of aliphatic carboxylic acids is 1. The summed E-state index contributed by atoms with van der Waals surface area (Å²) in [6.45, 7) is 5.54. The van der Waals surface area contributed by atoms with Gasteiger partial charge < -0.3 is 5.11 Å². The number of hydrogen-bond acceptors (Lipinski definition) is 2. The number of thioether (sulfide) groups is 1. The molecule has 0 amide bonds. The van der Waals surface area contributed by atoms with E-state index in [1.807, 2.05) is 12.1 Å². The first-order valence-electron chi connectivity index (χ1n) is 4.64. The molecule has 0 aliphatic carbocycles. The highest BCUT2D eigenvalue weighted by Crippen LogP contribution is 2.17. The van der Waals surface area contributed by atoms with Gasteiger partial charge in [-0.05, 0) is 18.1 Å². The lowest BCUT2D eigenvalue weighted by molar-refractivity contribution is -0.132. The highest BCUT2D eigenvalue weighted by Gasteiger charge is 2.04. The van der Waals surface area contributed by atoms with Gasteiger partial charge in [0.15, 0.2) is 0 Å². The summed E-state index contributed by atoms with van der Waals surface area (Å²) in [6, 6.07) is 8.11. The smallest absolute Gasteiger partial charge is 0.331 e. The second kappa shape index (κ2) is 5.61. The predicted molar refractivity (Wildman–Crippen MR) is 64.1 cm³/mol. The summed E-state index contributed by atoms with van der Waals surface area (Å²) >= 11 is 1.58. The first-order chi connectivity index (χ1) is 7.11. The number of hydrogen-bond donors (Lipinski definition) is 1. The van der Waals surface area contributed by atoms with E-state index in [0.717, 1.165) is 5.75 Å². The Morgan fingerprint density at radius 3 is 2.73 bits per heavy atom. The number of carboxylic acids is 1. The van der Waals surface area contributed by atoms with Crippen molar-refractivity contribution in [2.75, 3.05) is 5.75 Å². The average molecular weight is 222 g/mol. The van der Waals surface area contributed by atoms with E-state index in [-0.39, 0.29) is 5.57 Å². The summed E-state index contributed by atoms with van der Waals surface area (Å²) in [5, 5.41) is 8.62. The molecule has 2 nitrogen and oxygen atoms in total. The Kier molecular flexibility index (Phi) is 4.43. The molecule has 0 aliphatic heterocycles. The fraction of sp³-hybridized carbons (Fsp3) is 0.250. The second-order valence-corrected chi connectivity index (χ2v) is 4.31. The number of benzene rings is 1. The summed E-state index contributed by atoms with van der Waals surface area (Å²) in [5.74, 6) is 0.398. The fourth-order valence-corrected chi connectivity index (χ4v) is 2.13. The molecule has 0 radical (unpaired) electrons. The van der Waals surface area contributed by atoms with Gasteiger partial charge in [-0.25, -0.2) is 4.79 Å². The first kappa shape index (κ1) is 11.9. The zero-order valence-corrected chi connectivity index (χ0v) is 9.51. The maximum atomic E-state index is 10.5. The standard InChI is InChI=1S/C12H14O2S/c1-9-5-3-4-6-11(9)8-15-7-10(2)12(13)14/h3-6H,2,7-8H2,1H3,(H,13,14). The minimum absolute atomic E-state index is 0.258. The Morgan fingerprint density at radius 1 is 1.47 bits per heavy atom. The molecule has 1 rings (SSSR count). The lowest BCUT2D eigenvalue weighted by Gasteiger charge is -2.04. The molecule has 0 spiro atoms. The van der Waals surface area contributed by atoms with E-state index in [4.69, 9.17) is 5.11 Å². The van der Waals surface area contributed by atoms with Gasteiger partial charge in [0.05, 0.1) is 0 Å². The molecule has 0 saturated carbocycles. The Balaban J connectivity index is 2.42. The van der Waals surface area contributed by atoms with E-state index in [2.05, 4.69) is 25.6 Å². The monoisotopic (exact) mass is 222 g/mol. The van der Waals surface area contributed by atoms with Crippen molar-refractivity contribution in [3.63, 3.8) is 0 Å². The summed E-state index contributed by atoms with van der Waals surface area (Å²) in [7, 11) is 0. The Morgan fingerprint density at radius 2 is 2.13 bits per heavy atom. The second-order valence-electron chi connectivity index (χ2n) is 3.33. The lowest BCUT2D eigenvalue weighted by Crippen LogP contribution is -2.01. The molecule has 1 N–H and O–H groups in total. The third-order valence-corrected chi connectivity index (χ3v) is 3.17. The van der Waals surface area contributed by atoms with Crippen molar-refractivity contribution in [2.45, 2.75) is 12.7 Å². The Labute approximate surface area is 94.0 Å². The molecule has 0 atom stereocenters. The van der Waals surface area contributed by atoms with Crippen LogP contribution in [-0.4, -0.2) is 16.8 Å². The molecule has 0 aliphatic rings. The molecule has 0 bridgehead atoms. The number of rotatable bonds is 5. The molecule has 1 aromatic rings. The molecule has 0 fully saturated rings. The quantitative estimate of drug-likeness (QED) is 0.778. The van der Waals surface area contributed by atoms with Crippen LogP contribution >= 0.6 is 11.8 Å². The van der Waals surface area contributed by atoms with Gasteiger partial charge in [0.25, 0.3) is 0 Å². The minimum Gasteiger partial charge on any atom is -0.478 e. The third kappa shape index (κ3) is 3.80. The van der Waals surface area contributed by atoms with Crippen molar-refractivity contribution < 1.29 is 9.90 Å². The normalized spacial score (nSPS) is 9.93. The molecule has 0 heterocycles. The number of aryl methyl sites for hydroxylation is 1. The zero-order chi connectivity index (χ0) is 11.3. The first-order valence-corrected chi connectivity index (χ1v) is 5.80. The molecule has 0 unspecified atom stereocenters. The summed E-state index contributed by atoms with van der Waals surface area (Å²) in [5.41, 5.74) is 2.75. The van der Waals surface area contributed by atoms with Gasteiger partial charge in [-0.1, -0.05) is 30.8 Å². The van der Waals surface area contributed by atoms with E-state index >= 15 is 0 Å². The van der Waals surface area contributed by atoms with Crippen LogP contribution in [0.3, 0.4) is 0 Å². The van der Waals surface area contributed by atoms with Crippen LogP contribution in [0.25, 0.3) is 0 Å². The molecule has 80 valence electrons. The van der Waals surface area contributed by atoms with Crippen LogP contribution in [0.15, 0.2) is 36.4 Å². The van der Waals surface area contributed by atoms with Crippen LogP contribution in [-0.2, 0) is 10.5 Å². The van der Waals surface area contributed by atoms with Crippen LogP contribution in [0.2, 0.25) is 0 Å². The zero-order valence-electron chi connectivity index (χ0n) is 8.69. The van der Waals surface area contributed by atoms with Crippen molar-refractivity contribution >= 4 is 17.7 Å². The maximum absolute atomic E-state index is 10.5. The van der Waals surface area contributed by atoms with Gasteiger partial charge in [0, 0.05) is 17.1 Å². The van der Waals surface area contributed by atoms with Crippen molar-refractivity contribution in [3.05, 3.63) is 47.5 Å². The van der Waals surface area contributed by atoms with Gasteiger partial charge in [-0.15, -0.1) is 0 Å². The largest absolute Gasteiger partial charge is 0.478 e. The van der Waals surface area contributed by atoms with Gasteiger partial charge in [-0.2, -0.15) is 11.8 Å². The molecular formula is C12H14O2S. The molecule has 0 aromatic heterocycles. The molecule has 3 heteroatoms. The Bertz CT molecular complexity index is 372. The average Bonchev–Trinajstić information content (AvgIpc) is 2.20. The van der Waals surface area contributed by atoms with Crippen LogP contribution in [0.5, 0.6) is 0 Å². The fourth-order valence-electron chi connectivity index (χ4n) is 1.12. The van der Waals surface area contributed by atoms with Crippen LogP contribution < -0.4 is 0 Å². The summed E-state index contributed by atoms with van der Waals surface area (Å²) < 4.78 is 0. The number of carboxylic acid groups (broad SMARTS) is 1. The predicted octanol–water partition coefficient (Wildman–Crippen LogP) is 2.87.